The lowest BCUT2D eigenvalue weighted by atomic mass is 10.2. The third-order valence-electron chi connectivity index (χ3n) is 4.06. The molecule has 0 aliphatic heterocycles. The molecule has 0 saturated heterocycles. The van der Waals surface area contributed by atoms with Crippen molar-refractivity contribution >= 4 is 40.5 Å². The smallest absolute Gasteiger partial charge is 0.391 e. The molecule has 0 fully saturated rings. The summed E-state index contributed by atoms with van der Waals surface area (Å²) >= 11 is 5.75. The van der Waals surface area contributed by atoms with E-state index in [2.05, 4.69) is 5.16 Å². The zero-order valence-corrected chi connectivity index (χ0v) is 16.5. The first-order valence-corrected chi connectivity index (χ1v) is 9.40. The van der Waals surface area contributed by atoms with Gasteiger partial charge < -0.3 is 9.40 Å². The summed E-state index contributed by atoms with van der Waals surface area (Å²) in [5.41, 5.74) is 2.18. The van der Waals surface area contributed by atoms with Crippen molar-refractivity contribution in [2.75, 3.05) is 0 Å². The number of halogens is 6. The molecule has 154 valence electrons. The molecule has 0 amide bonds. The van der Waals surface area contributed by atoms with Gasteiger partial charge in [-0.05, 0) is 35.5 Å². The molecule has 29 heavy (non-hydrogen) atoms. The standard InChI is InChI=1S/C19H14ClF5N2OS/c1-27-16-5-3-2-4-14(16)15(17(27)20)10-26-28-11-12-6-8-13(9-7-12)29-19(24,25)18(21,22)23/h2-10H,11H2,1H3/b26-10+. The molecular formula is C19H14ClF5N2OS. The van der Waals surface area contributed by atoms with Gasteiger partial charge in [-0.1, -0.05) is 47.1 Å². The average Bonchev–Trinajstić information content (AvgIpc) is 2.90. The summed E-state index contributed by atoms with van der Waals surface area (Å²) in [5, 5.41) is 0.418. The minimum atomic E-state index is -5.61. The molecule has 3 rings (SSSR count). The van der Waals surface area contributed by atoms with Crippen LogP contribution in [0.1, 0.15) is 11.1 Å². The number of para-hydroxylation sites is 1. The van der Waals surface area contributed by atoms with Gasteiger partial charge in [0.05, 0.1) is 6.21 Å². The third kappa shape index (κ3) is 4.67. The van der Waals surface area contributed by atoms with E-state index in [9.17, 15) is 22.0 Å². The fraction of sp³-hybridized carbons (Fsp3) is 0.211. The average molecular weight is 449 g/mol. The molecule has 0 aliphatic rings. The largest absolute Gasteiger partial charge is 0.464 e. The van der Waals surface area contributed by atoms with Gasteiger partial charge in [0.1, 0.15) is 11.8 Å². The van der Waals surface area contributed by atoms with Crippen molar-refractivity contribution in [3.8, 4) is 0 Å². The molecule has 0 bridgehead atoms. The van der Waals surface area contributed by atoms with Crippen LogP contribution in [-0.2, 0) is 18.5 Å². The number of hydrogen-bond donors (Lipinski definition) is 0. The van der Waals surface area contributed by atoms with E-state index in [0.717, 1.165) is 10.9 Å². The number of fused-ring (bicyclic) bond motifs is 1. The monoisotopic (exact) mass is 448 g/mol. The second-order valence-electron chi connectivity index (χ2n) is 6.05. The molecule has 2 aromatic carbocycles. The first-order valence-electron chi connectivity index (χ1n) is 8.21. The zero-order chi connectivity index (χ0) is 21.2. The van der Waals surface area contributed by atoms with Gasteiger partial charge in [0, 0.05) is 28.4 Å². The third-order valence-corrected chi connectivity index (χ3v) is 5.51. The van der Waals surface area contributed by atoms with Gasteiger partial charge >= 0.3 is 11.4 Å². The number of rotatable bonds is 6. The fourth-order valence-electron chi connectivity index (χ4n) is 2.58. The molecule has 0 unspecified atom stereocenters. The maximum Gasteiger partial charge on any atom is 0.464 e. The van der Waals surface area contributed by atoms with Gasteiger partial charge in [0.15, 0.2) is 0 Å². The van der Waals surface area contributed by atoms with Crippen LogP contribution in [0.4, 0.5) is 22.0 Å². The van der Waals surface area contributed by atoms with Crippen molar-refractivity contribution < 1.29 is 26.8 Å². The SMILES string of the molecule is Cn1c(Cl)c(/C=N/OCc2ccc(SC(F)(F)C(F)(F)F)cc2)c2ccccc21. The topological polar surface area (TPSA) is 26.5 Å². The number of aromatic nitrogens is 1. The summed E-state index contributed by atoms with van der Waals surface area (Å²) < 4.78 is 64.7. The number of oxime groups is 1. The molecule has 1 aromatic heterocycles. The van der Waals surface area contributed by atoms with Gasteiger partial charge in [-0.2, -0.15) is 22.0 Å². The van der Waals surface area contributed by atoms with E-state index in [1.54, 1.807) is 0 Å². The summed E-state index contributed by atoms with van der Waals surface area (Å²) in [6, 6.07) is 12.7. The van der Waals surface area contributed by atoms with Gasteiger partial charge in [-0.25, -0.2) is 0 Å². The molecule has 0 saturated carbocycles. The lowest BCUT2D eigenvalue weighted by molar-refractivity contribution is -0.237. The van der Waals surface area contributed by atoms with Crippen LogP contribution in [-0.4, -0.2) is 22.2 Å². The molecule has 0 radical (unpaired) electrons. The van der Waals surface area contributed by atoms with Crippen LogP contribution in [0.25, 0.3) is 10.9 Å². The van der Waals surface area contributed by atoms with E-state index in [1.807, 2.05) is 35.9 Å². The van der Waals surface area contributed by atoms with Crippen LogP contribution in [0.3, 0.4) is 0 Å². The number of hydrogen-bond acceptors (Lipinski definition) is 3. The number of benzene rings is 2. The highest BCUT2D eigenvalue weighted by Gasteiger charge is 2.58. The van der Waals surface area contributed by atoms with Crippen molar-refractivity contribution in [3.63, 3.8) is 0 Å². The Hall–Kier alpha value is -2.26. The van der Waals surface area contributed by atoms with E-state index in [-0.39, 0.29) is 11.5 Å². The molecule has 0 spiro atoms. The number of alkyl halides is 5. The Morgan fingerprint density at radius 2 is 1.72 bits per heavy atom. The molecule has 0 N–H and O–H groups in total. The Morgan fingerprint density at radius 1 is 1.07 bits per heavy atom. The van der Waals surface area contributed by atoms with Gasteiger partial charge in [-0.15, -0.1) is 0 Å². The van der Waals surface area contributed by atoms with E-state index in [4.69, 9.17) is 16.4 Å². The highest BCUT2D eigenvalue weighted by molar-refractivity contribution is 8.00. The Bertz CT molecular complexity index is 1030. The highest BCUT2D eigenvalue weighted by Crippen LogP contribution is 2.47. The first kappa shape index (κ1) is 21.4. The lowest BCUT2D eigenvalue weighted by Gasteiger charge is -2.18. The van der Waals surface area contributed by atoms with Crippen LogP contribution >= 0.6 is 23.4 Å². The normalized spacial score (nSPS) is 12.8. The summed E-state index contributed by atoms with van der Waals surface area (Å²) in [6.45, 7) is 0.0134. The second kappa shape index (κ2) is 8.23. The van der Waals surface area contributed by atoms with E-state index in [1.165, 1.54) is 30.5 Å². The zero-order valence-electron chi connectivity index (χ0n) is 14.9. The molecule has 0 aliphatic carbocycles. The van der Waals surface area contributed by atoms with Crippen molar-refractivity contribution in [3.05, 3.63) is 64.8 Å². The number of thioether (sulfide) groups is 1. The van der Waals surface area contributed by atoms with Crippen LogP contribution in [0.15, 0.2) is 58.6 Å². The van der Waals surface area contributed by atoms with Crippen LogP contribution in [0.2, 0.25) is 5.15 Å². The number of aryl methyl sites for hydroxylation is 1. The Labute approximate surface area is 172 Å². The van der Waals surface area contributed by atoms with Crippen molar-refractivity contribution in [1.82, 2.24) is 4.57 Å². The molecular weight excluding hydrogens is 435 g/mol. The van der Waals surface area contributed by atoms with Gasteiger partial charge in [0.2, 0.25) is 0 Å². The van der Waals surface area contributed by atoms with E-state index >= 15 is 0 Å². The summed E-state index contributed by atoms with van der Waals surface area (Å²) in [4.78, 5) is 4.99. The Morgan fingerprint density at radius 3 is 2.38 bits per heavy atom. The second-order valence-corrected chi connectivity index (χ2v) is 7.60. The minimum Gasteiger partial charge on any atom is -0.391 e. The predicted molar refractivity (Wildman–Crippen MR) is 104 cm³/mol. The van der Waals surface area contributed by atoms with Crippen LogP contribution < -0.4 is 0 Å². The van der Waals surface area contributed by atoms with Crippen molar-refractivity contribution in [1.29, 1.82) is 0 Å². The predicted octanol–water partition coefficient (Wildman–Crippen LogP) is 6.63. The maximum atomic E-state index is 13.1. The van der Waals surface area contributed by atoms with Gasteiger partial charge in [-0.3, -0.25) is 0 Å². The summed E-state index contributed by atoms with van der Waals surface area (Å²) in [6.07, 6.45) is -4.14. The van der Waals surface area contributed by atoms with E-state index < -0.39 is 23.2 Å². The molecule has 0 atom stereocenters. The minimum absolute atomic E-state index is 0.0134. The van der Waals surface area contributed by atoms with Crippen molar-refractivity contribution in [2.45, 2.75) is 22.9 Å². The molecule has 3 aromatic rings. The van der Waals surface area contributed by atoms with Crippen LogP contribution in [0.5, 0.6) is 0 Å². The number of nitrogens with zero attached hydrogens (tertiary/aromatic N) is 2. The van der Waals surface area contributed by atoms with Crippen LogP contribution in [0, 0.1) is 0 Å². The van der Waals surface area contributed by atoms with E-state index in [0.29, 0.717) is 16.3 Å². The molecule has 10 heteroatoms. The van der Waals surface area contributed by atoms with Crippen molar-refractivity contribution in [2.24, 2.45) is 12.2 Å². The molecule has 3 nitrogen and oxygen atoms in total. The molecule has 1 heterocycles. The highest BCUT2D eigenvalue weighted by atomic mass is 35.5. The summed E-state index contributed by atoms with van der Waals surface area (Å²) in [5.74, 6) is 0. The lowest BCUT2D eigenvalue weighted by Crippen LogP contribution is -2.32. The maximum absolute atomic E-state index is 13.1. The quantitative estimate of drug-likeness (QED) is 0.183. The Balaban J connectivity index is 1.62. The fourth-order valence-corrected chi connectivity index (χ4v) is 3.50. The van der Waals surface area contributed by atoms with Gasteiger partial charge in [0.25, 0.3) is 0 Å². The Kier molecular flexibility index (Phi) is 6.09. The first-order chi connectivity index (χ1) is 13.6. The summed E-state index contributed by atoms with van der Waals surface area (Å²) in [7, 11) is 1.82.